The van der Waals surface area contributed by atoms with Gasteiger partial charge in [0.15, 0.2) is 11.5 Å². The summed E-state index contributed by atoms with van der Waals surface area (Å²) in [6, 6.07) is 3.98. The van der Waals surface area contributed by atoms with Gasteiger partial charge in [0.25, 0.3) is 0 Å². The second-order valence-electron chi connectivity index (χ2n) is 4.58. The summed E-state index contributed by atoms with van der Waals surface area (Å²) in [7, 11) is 1.62. The molecule has 0 aliphatic rings. The van der Waals surface area contributed by atoms with Gasteiger partial charge in [0.05, 0.1) is 12.6 Å². The lowest BCUT2D eigenvalue weighted by atomic mass is 10.2. The maximum Gasteiger partial charge on any atom is 0.387 e. The number of hydrogen-bond acceptors (Lipinski definition) is 4. The fourth-order valence-corrected chi connectivity index (χ4v) is 1.81. The van der Waals surface area contributed by atoms with Crippen molar-refractivity contribution in [3.05, 3.63) is 23.8 Å². The number of rotatable bonds is 7. The van der Waals surface area contributed by atoms with Gasteiger partial charge in [-0.3, -0.25) is 4.79 Å². The zero-order valence-electron chi connectivity index (χ0n) is 12.7. The van der Waals surface area contributed by atoms with Crippen LogP contribution in [0, 0.1) is 0 Å². The molecule has 0 saturated carbocycles. The minimum atomic E-state index is -2.92. The summed E-state index contributed by atoms with van der Waals surface area (Å²) in [6.45, 7) is 1.04. The molecule has 1 aromatic rings. The van der Waals surface area contributed by atoms with Crippen LogP contribution in [-0.2, 0) is 11.3 Å². The number of amides is 1. The predicted molar refractivity (Wildman–Crippen MR) is 81.6 cm³/mol. The van der Waals surface area contributed by atoms with Gasteiger partial charge in [-0.1, -0.05) is 6.07 Å². The maximum atomic E-state index is 12.3. The Bertz CT molecular complexity index is 487. The summed E-state index contributed by atoms with van der Waals surface area (Å²) in [5.41, 5.74) is 6.26. The van der Waals surface area contributed by atoms with Gasteiger partial charge < -0.3 is 20.1 Å². The number of nitrogens with zero attached hydrogens (tertiary/aromatic N) is 1. The number of alkyl halides is 2. The second-order valence-corrected chi connectivity index (χ2v) is 4.58. The molecule has 5 nitrogen and oxygen atoms in total. The Morgan fingerprint density at radius 3 is 2.50 bits per heavy atom. The minimum absolute atomic E-state index is 0. The van der Waals surface area contributed by atoms with E-state index >= 15 is 0 Å². The van der Waals surface area contributed by atoms with E-state index in [-0.39, 0.29) is 29.8 Å². The molecule has 0 heterocycles. The van der Waals surface area contributed by atoms with Gasteiger partial charge in [-0.15, -0.1) is 12.4 Å². The number of benzene rings is 1. The Balaban J connectivity index is 0.00000441. The van der Waals surface area contributed by atoms with Crippen LogP contribution >= 0.6 is 12.4 Å². The maximum absolute atomic E-state index is 12.3. The van der Waals surface area contributed by atoms with Crippen LogP contribution in [0.3, 0.4) is 0 Å². The molecule has 2 N–H and O–H groups in total. The molecule has 0 saturated heterocycles. The lowest BCUT2D eigenvalue weighted by molar-refractivity contribution is -0.131. The number of halogens is 3. The van der Waals surface area contributed by atoms with Crippen molar-refractivity contribution < 1.29 is 23.0 Å². The molecule has 0 fully saturated rings. The lowest BCUT2D eigenvalue weighted by Gasteiger charge is -2.20. The second kappa shape index (κ2) is 9.42. The molecule has 1 rings (SSSR count). The highest BCUT2D eigenvalue weighted by atomic mass is 35.5. The van der Waals surface area contributed by atoms with Crippen molar-refractivity contribution in [2.75, 3.05) is 13.7 Å². The molecule has 22 heavy (non-hydrogen) atoms. The van der Waals surface area contributed by atoms with Gasteiger partial charge in [0.2, 0.25) is 5.91 Å². The average molecular weight is 339 g/mol. The lowest BCUT2D eigenvalue weighted by Crippen LogP contribution is -2.39. The standard InChI is InChI=1S/C14H20F2N2O3.ClH/c1-4-20-12-7-10(5-6-11(12)21-14(15)16)8-18(3)13(19)9(2)17;/h5-7,9,14H,4,8,17H2,1-3H3;1H/t9-;/m1./s1. The molecule has 0 unspecified atom stereocenters. The number of nitrogens with two attached hydrogens (primary N) is 1. The number of carbonyl (C=O) groups is 1. The first kappa shape index (κ1) is 20.4. The number of carbonyl (C=O) groups excluding carboxylic acids is 1. The van der Waals surface area contributed by atoms with Crippen molar-refractivity contribution in [3.8, 4) is 11.5 Å². The van der Waals surface area contributed by atoms with Crippen molar-refractivity contribution in [2.24, 2.45) is 5.73 Å². The monoisotopic (exact) mass is 338 g/mol. The first-order valence-electron chi connectivity index (χ1n) is 6.56. The van der Waals surface area contributed by atoms with Gasteiger partial charge >= 0.3 is 6.61 Å². The Morgan fingerprint density at radius 1 is 1.36 bits per heavy atom. The first-order chi connectivity index (χ1) is 9.85. The number of likely N-dealkylation sites (N-methyl/N-ethyl adjacent to an activating group) is 1. The highest BCUT2D eigenvalue weighted by molar-refractivity contribution is 5.85. The first-order valence-corrected chi connectivity index (χ1v) is 6.56. The van der Waals surface area contributed by atoms with Gasteiger partial charge in [0.1, 0.15) is 0 Å². The fourth-order valence-electron chi connectivity index (χ4n) is 1.81. The number of ether oxygens (including phenoxy) is 2. The van der Waals surface area contributed by atoms with Crippen LogP contribution < -0.4 is 15.2 Å². The summed E-state index contributed by atoms with van der Waals surface area (Å²) < 4.78 is 34.3. The van der Waals surface area contributed by atoms with Crippen LogP contribution in [0.1, 0.15) is 19.4 Å². The molecular weight excluding hydrogens is 318 g/mol. The third-order valence-corrected chi connectivity index (χ3v) is 2.71. The molecule has 0 bridgehead atoms. The Labute approximate surface area is 134 Å². The van der Waals surface area contributed by atoms with Crippen LogP contribution in [0.15, 0.2) is 18.2 Å². The summed E-state index contributed by atoms with van der Waals surface area (Å²) >= 11 is 0. The van der Waals surface area contributed by atoms with Crippen LogP contribution in [0.5, 0.6) is 11.5 Å². The van der Waals surface area contributed by atoms with Crippen LogP contribution in [0.25, 0.3) is 0 Å². The Hall–Kier alpha value is -1.60. The molecule has 1 amide bonds. The Kier molecular flexibility index (Phi) is 8.74. The van der Waals surface area contributed by atoms with Crippen molar-refractivity contribution in [1.82, 2.24) is 4.90 Å². The third-order valence-electron chi connectivity index (χ3n) is 2.71. The largest absolute Gasteiger partial charge is 0.490 e. The summed E-state index contributed by atoms with van der Waals surface area (Å²) in [5.74, 6) is -0.0189. The third kappa shape index (κ3) is 6.03. The number of hydrogen-bond donors (Lipinski definition) is 1. The van der Waals surface area contributed by atoms with Crippen LogP contribution in [0.4, 0.5) is 8.78 Å². The molecule has 0 aliphatic carbocycles. The molecule has 0 spiro atoms. The molecule has 0 aromatic heterocycles. The topological polar surface area (TPSA) is 64.8 Å². The zero-order chi connectivity index (χ0) is 16.0. The summed E-state index contributed by atoms with van der Waals surface area (Å²) in [5, 5.41) is 0. The van der Waals surface area contributed by atoms with E-state index in [2.05, 4.69) is 4.74 Å². The van der Waals surface area contributed by atoms with Gasteiger partial charge in [-0.2, -0.15) is 8.78 Å². The molecule has 0 radical (unpaired) electrons. The zero-order valence-corrected chi connectivity index (χ0v) is 13.5. The van der Waals surface area contributed by atoms with E-state index in [0.29, 0.717) is 13.2 Å². The van der Waals surface area contributed by atoms with Gasteiger partial charge in [-0.05, 0) is 31.5 Å². The van der Waals surface area contributed by atoms with Gasteiger partial charge in [-0.25, -0.2) is 0 Å². The minimum Gasteiger partial charge on any atom is -0.490 e. The van der Waals surface area contributed by atoms with E-state index < -0.39 is 12.7 Å². The average Bonchev–Trinajstić information content (AvgIpc) is 2.40. The Morgan fingerprint density at radius 2 is 2.00 bits per heavy atom. The van der Waals surface area contributed by atoms with Crippen molar-refractivity contribution >= 4 is 18.3 Å². The normalized spacial score (nSPS) is 11.6. The molecule has 1 aromatic carbocycles. The van der Waals surface area contributed by atoms with Crippen LogP contribution in [0.2, 0.25) is 0 Å². The van der Waals surface area contributed by atoms with E-state index in [1.807, 2.05) is 0 Å². The smallest absolute Gasteiger partial charge is 0.387 e. The van der Waals surface area contributed by atoms with E-state index in [1.165, 1.54) is 11.0 Å². The molecule has 8 heteroatoms. The van der Waals surface area contributed by atoms with E-state index in [9.17, 15) is 13.6 Å². The van der Waals surface area contributed by atoms with E-state index in [4.69, 9.17) is 10.5 Å². The highest BCUT2D eigenvalue weighted by Gasteiger charge is 2.16. The molecular formula is C14H21ClF2N2O3. The van der Waals surface area contributed by atoms with E-state index in [1.54, 1.807) is 33.0 Å². The summed E-state index contributed by atoms with van der Waals surface area (Å²) in [4.78, 5) is 13.2. The van der Waals surface area contributed by atoms with Crippen molar-refractivity contribution in [1.29, 1.82) is 0 Å². The SMILES string of the molecule is CCOc1cc(CN(C)C(=O)[C@@H](C)N)ccc1OC(F)F.Cl. The fraction of sp³-hybridized carbons (Fsp3) is 0.500. The summed E-state index contributed by atoms with van der Waals surface area (Å²) in [6.07, 6.45) is 0. The molecule has 0 aliphatic heterocycles. The molecule has 126 valence electrons. The van der Waals surface area contributed by atoms with Crippen LogP contribution in [-0.4, -0.2) is 37.1 Å². The van der Waals surface area contributed by atoms with Crippen molar-refractivity contribution in [3.63, 3.8) is 0 Å². The van der Waals surface area contributed by atoms with Gasteiger partial charge in [0, 0.05) is 13.6 Å². The highest BCUT2D eigenvalue weighted by Crippen LogP contribution is 2.30. The predicted octanol–water partition coefficient (Wildman–Crippen LogP) is 2.41. The molecule has 1 atom stereocenters. The van der Waals surface area contributed by atoms with Crippen molar-refractivity contribution in [2.45, 2.75) is 33.0 Å². The quantitative estimate of drug-likeness (QED) is 0.829. The van der Waals surface area contributed by atoms with E-state index in [0.717, 1.165) is 5.56 Å².